The van der Waals surface area contributed by atoms with Crippen molar-refractivity contribution in [2.24, 2.45) is 5.92 Å². The molecular formula is C22H40N2O4. The second-order valence-corrected chi connectivity index (χ2v) is 10.1. The van der Waals surface area contributed by atoms with E-state index in [1.165, 1.54) is 0 Å². The van der Waals surface area contributed by atoms with Crippen LogP contribution in [0, 0.1) is 5.92 Å². The molecule has 0 heterocycles. The van der Waals surface area contributed by atoms with Gasteiger partial charge in [-0.15, -0.1) is 0 Å². The maximum absolute atomic E-state index is 12.2. The molecule has 0 saturated heterocycles. The van der Waals surface area contributed by atoms with Crippen LogP contribution in [-0.4, -0.2) is 41.4 Å². The lowest BCUT2D eigenvalue weighted by Crippen LogP contribution is -2.43. The Morgan fingerprint density at radius 3 is 2.25 bits per heavy atom. The predicted octanol–water partition coefficient (Wildman–Crippen LogP) is 4.33. The minimum Gasteiger partial charge on any atom is -0.442 e. The summed E-state index contributed by atoms with van der Waals surface area (Å²) in [5.41, 5.74) is -0.641. The summed E-state index contributed by atoms with van der Waals surface area (Å²) >= 11 is 0. The van der Waals surface area contributed by atoms with Crippen LogP contribution in [0.1, 0.15) is 81.1 Å². The number of amides is 2. The summed E-state index contributed by atoms with van der Waals surface area (Å²) < 4.78 is 11.8. The molecule has 28 heavy (non-hydrogen) atoms. The fourth-order valence-electron chi connectivity index (χ4n) is 3.19. The summed E-state index contributed by atoms with van der Waals surface area (Å²) in [5.74, 6) is 0.142. The molecule has 1 aliphatic rings. The second-order valence-electron chi connectivity index (χ2n) is 10.1. The van der Waals surface area contributed by atoms with Gasteiger partial charge in [-0.3, -0.25) is 4.79 Å². The van der Waals surface area contributed by atoms with Gasteiger partial charge in [0, 0.05) is 24.4 Å². The zero-order valence-electron chi connectivity index (χ0n) is 18.9. The Hall–Kier alpha value is -1.56. The lowest BCUT2D eigenvalue weighted by atomic mass is 9.91. The van der Waals surface area contributed by atoms with E-state index in [9.17, 15) is 9.59 Å². The number of hydrogen-bond donors (Lipinski definition) is 2. The normalized spacial score (nSPS) is 24.8. The molecule has 0 aromatic heterocycles. The van der Waals surface area contributed by atoms with Crippen LogP contribution in [0.2, 0.25) is 0 Å². The van der Waals surface area contributed by atoms with Gasteiger partial charge >= 0.3 is 6.09 Å². The monoisotopic (exact) mass is 396 g/mol. The third kappa shape index (κ3) is 11.3. The van der Waals surface area contributed by atoms with Crippen molar-refractivity contribution in [3.63, 3.8) is 0 Å². The standard InChI is InChI=1S/C22H40N2O4/c1-15(2)23-19(25)13-16-9-11-17(27-20(26)24-21(3,4)5)14-18(12-10-16)28-22(6,7)8/h9,11,15-18H,10,12-14H2,1-8H3,(H,23,25)(H,24,26)/b11-9+. The zero-order chi connectivity index (χ0) is 21.5. The molecule has 0 fully saturated rings. The highest BCUT2D eigenvalue weighted by Gasteiger charge is 2.27. The summed E-state index contributed by atoms with van der Waals surface area (Å²) in [6, 6.07) is 0.124. The number of nitrogens with one attached hydrogen (secondary N) is 2. The second kappa shape index (κ2) is 10.3. The Balaban J connectivity index is 2.86. The first-order valence-corrected chi connectivity index (χ1v) is 10.4. The molecule has 0 aliphatic heterocycles. The molecule has 2 N–H and O–H groups in total. The van der Waals surface area contributed by atoms with Crippen molar-refractivity contribution >= 4 is 12.0 Å². The molecule has 0 aromatic carbocycles. The molecule has 0 bridgehead atoms. The average Bonchev–Trinajstić information content (AvgIpc) is 2.43. The molecule has 1 aliphatic carbocycles. The lowest BCUT2D eigenvalue weighted by molar-refractivity contribution is -0.122. The highest BCUT2D eigenvalue weighted by molar-refractivity contribution is 5.76. The molecule has 1 rings (SSSR count). The van der Waals surface area contributed by atoms with E-state index >= 15 is 0 Å². The van der Waals surface area contributed by atoms with Crippen LogP contribution in [0.25, 0.3) is 0 Å². The van der Waals surface area contributed by atoms with E-state index in [1.54, 1.807) is 0 Å². The quantitative estimate of drug-likeness (QED) is 0.678. The molecule has 0 spiro atoms. The van der Waals surface area contributed by atoms with E-state index in [2.05, 4.69) is 10.6 Å². The summed E-state index contributed by atoms with van der Waals surface area (Å²) in [7, 11) is 0. The molecule has 6 heteroatoms. The molecule has 162 valence electrons. The summed E-state index contributed by atoms with van der Waals surface area (Å²) in [6.07, 6.45) is 5.79. The van der Waals surface area contributed by atoms with Crippen LogP contribution in [0.4, 0.5) is 4.79 Å². The number of hydrogen-bond acceptors (Lipinski definition) is 4. The average molecular weight is 397 g/mol. The van der Waals surface area contributed by atoms with Gasteiger partial charge in [-0.25, -0.2) is 4.79 Å². The first-order valence-electron chi connectivity index (χ1n) is 10.4. The highest BCUT2D eigenvalue weighted by atomic mass is 16.6. The summed E-state index contributed by atoms with van der Waals surface area (Å²) in [4.78, 5) is 24.4. The zero-order valence-corrected chi connectivity index (χ0v) is 18.9. The van der Waals surface area contributed by atoms with Crippen molar-refractivity contribution in [3.8, 4) is 0 Å². The number of rotatable bonds is 5. The maximum Gasteiger partial charge on any atom is 0.408 e. The van der Waals surface area contributed by atoms with Gasteiger partial charge < -0.3 is 20.1 Å². The van der Waals surface area contributed by atoms with Crippen LogP contribution in [0.3, 0.4) is 0 Å². The third-order valence-corrected chi connectivity index (χ3v) is 4.11. The molecule has 0 saturated carbocycles. The minimum atomic E-state index is -0.439. The van der Waals surface area contributed by atoms with Crippen molar-refractivity contribution < 1.29 is 19.1 Å². The third-order valence-electron chi connectivity index (χ3n) is 4.11. The van der Waals surface area contributed by atoms with E-state index in [1.807, 2.05) is 67.5 Å². The van der Waals surface area contributed by atoms with Crippen molar-refractivity contribution in [1.29, 1.82) is 0 Å². The van der Waals surface area contributed by atoms with E-state index < -0.39 is 6.09 Å². The molecule has 6 nitrogen and oxygen atoms in total. The van der Waals surface area contributed by atoms with Gasteiger partial charge in [0.1, 0.15) is 6.10 Å². The van der Waals surface area contributed by atoms with Crippen LogP contribution in [0.15, 0.2) is 12.2 Å². The number of carbonyl (C=O) groups is 2. The van der Waals surface area contributed by atoms with Crippen LogP contribution < -0.4 is 10.6 Å². The van der Waals surface area contributed by atoms with E-state index in [0.717, 1.165) is 12.8 Å². The van der Waals surface area contributed by atoms with Crippen molar-refractivity contribution in [2.75, 3.05) is 0 Å². The van der Waals surface area contributed by atoms with Gasteiger partial charge in [0.15, 0.2) is 0 Å². The first-order chi connectivity index (χ1) is 12.7. The van der Waals surface area contributed by atoms with Crippen LogP contribution in [-0.2, 0) is 14.3 Å². The van der Waals surface area contributed by atoms with Gasteiger partial charge in [-0.1, -0.05) is 6.08 Å². The Labute approximate surface area is 170 Å². The minimum absolute atomic E-state index is 0.0342. The first kappa shape index (κ1) is 24.5. The molecule has 0 radical (unpaired) electrons. The number of ether oxygens (including phenoxy) is 2. The maximum atomic E-state index is 12.2. The van der Waals surface area contributed by atoms with Crippen molar-refractivity contribution in [3.05, 3.63) is 12.2 Å². The fraction of sp³-hybridized carbons (Fsp3) is 0.818. The highest BCUT2D eigenvalue weighted by Crippen LogP contribution is 2.26. The molecule has 2 amide bonds. The van der Waals surface area contributed by atoms with Crippen molar-refractivity contribution in [2.45, 2.75) is 110 Å². The Morgan fingerprint density at radius 2 is 1.71 bits per heavy atom. The van der Waals surface area contributed by atoms with Crippen molar-refractivity contribution in [1.82, 2.24) is 10.6 Å². The van der Waals surface area contributed by atoms with E-state index in [4.69, 9.17) is 9.47 Å². The molecular weight excluding hydrogens is 356 g/mol. The van der Waals surface area contributed by atoms with Gasteiger partial charge in [0.2, 0.25) is 5.91 Å². The SMILES string of the molecule is CC(C)NC(=O)CC1/C=C/C(OC(=O)NC(C)(C)C)CC(OC(C)(C)C)CC1. The summed E-state index contributed by atoms with van der Waals surface area (Å²) in [5, 5.41) is 5.78. The summed E-state index contributed by atoms with van der Waals surface area (Å²) in [6.45, 7) is 15.7. The number of allylic oxidation sites excluding steroid dienone is 1. The van der Waals surface area contributed by atoms with Crippen LogP contribution in [0.5, 0.6) is 0 Å². The number of alkyl carbamates (subject to hydrolysis) is 1. The van der Waals surface area contributed by atoms with Crippen LogP contribution >= 0.6 is 0 Å². The van der Waals surface area contributed by atoms with Gasteiger partial charge in [0.05, 0.1) is 11.7 Å². The lowest BCUT2D eigenvalue weighted by Gasteiger charge is -2.32. The van der Waals surface area contributed by atoms with E-state index in [0.29, 0.717) is 12.8 Å². The van der Waals surface area contributed by atoms with Gasteiger partial charge in [-0.2, -0.15) is 0 Å². The Bertz CT molecular complexity index is 544. The Morgan fingerprint density at radius 1 is 1.07 bits per heavy atom. The van der Waals surface area contributed by atoms with Gasteiger partial charge in [0.25, 0.3) is 0 Å². The Kier molecular flexibility index (Phi) is 8.99. The van der Waals surface area contributed by atoms with Gasteiger partial charge in [-0.05, 0) is 80.2 Å². The topological polar surface area (TPSA) is 76.7 Å². The largest absolute Gasteiger partial charge is 0.442 e. The molecule has 0 aromatic rings. The smallest absolute Gasteiger partial charge is 0.408 e. The predicted molar refractivity (Wildman–Crippen MR) is 112 cm³/mol. The fourth-order valence-corrected chi connectivity index (χ4v) is 3.19. The number of carbonyl (C=O) groups excluding carboxylic acids is 2. The molecule has 3 atom stereocenters. The molecule has 3 unspecified atom stereocenters. The van der Waals surface area contributed by atoms with E-state index in [-0.39, 0.29) is 41.2 Å².